The minimum atomic E-state index is -0.468. The molecule has 6 nitrogen and oxygen atoms in total. The Morgan fingerprint density at radius 1 is 1.26 bits per heavy atom. The SMILES string of the molecule is CN1C(=O)CN=C(c2ccccc2)c2cc(C#CCCC(=O)NO)ccc21. The van der Waals surface area contributed by atoms with Crippen molar-refractivity contribution in [2.75, 3.05) is 18.5 Å². The Kier molecular flexibility index (Phi) is 5.64. The lowest BCUT2D eigenvalue weighted by Crippen LogP contribution is -2.27. The molecule has 3 rings (SSSR count). The third-order valence-electron chi connectivity index (χ3n) is 4.24. The Hall–Kier alpha value is -3.43. The van der Waals surface area contributed by atoms with E-state index in [4.69, 9.17) is 5.21 Å². The summed E-state index contributed by atoms with van der Waals surface area (Å²) in [5.41, 5.74) is 5.67. The van der Waals surface area contributed by atoms with E-state index in [0.717, 1.165) is 28.1 Å². The molecule has 0 aromatic heterocycles. The average molecular weight is 361 g/mol. The highest BCUT2D eigenvalue weighted by Gasteiger charge is 2.22. The molecule has 0 atom stereocenters. The second kappa shape index (κ2) is 8.30. The van der Waals surface area contributed by atoms with Gasteiger partial charge in [0.1, 0.15) is 6.54 Å². The summed E-state index contributed by atoms with van der Waals surface area (Å²) in [5.74, 6) is 5.40. The van der Waals surface area contributed by atoms with E-state index < -0.39 is 5.91 Å². The van der Waals surface area contributed by atoms with Gasteiger partial charge in [0.2, 0.25) is 11.8 Å². The first kappa shape index (κ1) is 18.4. The zero-order valence-corrected chi connectivity index (χ0v) is 14.9. The highest BCUT2D eigenvalue weighted by Crippen LogP contribution is 2.27. The van der Waals surface area contributed by atoms with Gasteiger partial charge in [-0.15, -0.1) is 0 Å². The second-order valence-electron chi connectivity index (χ2n) is 6.05. The maximum atomic E-state index is 12.3. The highest BCUT2D eigenvalue weighted by atomic mass is 16.5. The number of aliphatic imine (C=N–C) groups is 1. The van der Waals surface area contributed by atoms with Gasteiger partial charge in [-0.3, -0.25) is 19.8 Å². The van der Waals surface area contributed by atoms with Gasteiger partial charge in [-0.05, 0) is 18.2 Å². The number of hydrogen-bond acceptors (Lipinski definition) is 4. The van der Waals surface area contributed by atoms with Crippen LogP contribution in [0.5, 0.6) is 0 Å². The van der Waals surface area contributed by atoms with Crippen LogP contribution in [0.2, 0.25) is 0 Å². The molecule has 0 saturated heterocycles. The van der Waals surface area contributed by atoms with E-state index in [1.807, 2.05) is 48.5 Å². The van der Waals surface area contributed by atoms with Gasteiger partial charge in [-0.1, -0.05) is 42.2 Å². The second-order valence-corrected chi connectivity index (χ2v) is 6.05. The van der Waals surface area contributed by atoms with Crippen molar-refractivity contribution in [1.82, 2.24) is 5.48 Å². The number of carbonyl (C=O) groups is 2. The number of benzene rings is 2. The number of hydroxylamine groups is 1. The molecule has 0 aliphatic carbocycles. The molecular weight excluding hydrogens is 342 g/mol. The van der Waals surface area contributed by atoms with Crippen molar-refractivity contribution in [1.29, 1.82) is 0 Å². The largest absolute Gasteiger partial charge is 0.313 e. The standard InChI is InChI=1S/C21H19N3O3/c1-24-18-12-11-15(7-5-6-10-19(25)23-27)13-17(18)21(22-14-20(24)26)16-8-3-2-4-9-16/h2-4,8-9,11-13,27H,6,10,14H2,1H3,(H,23,25). The lowest BCUT2D eigenvalue weighted by molar-refractivity contribution is -0.129. The topological polar surface area (TPSA) is 82.0 Å². The van der Waals surface area contributed by atoms with Gasteiger partial charge in [0, 0.05) is 36.6 Å². The van der Waals surface area contributed by atoms with E-state index in [1.165, 1.54) is 0 Å². The number of likely N-dealkylation sites (N-methyl/N-ethyl adjacent to an activating group) is 1. The fraction of sp³-hybridized carbons (Fsp3) is 0.190. The number of nitrogens with zero attached hydrogens (tertiary/aromatic N) is 2. The van der Waals surface area contributed by atoms with E-state index in [2.05, 4.69) is 16.8 Å². The molecule has 0 bridgehead atoms. The Labute approximate surface area is 157 Å². The Bertz CT molecular complexity index is 956. The summed E-state index contributed by atoms with van der Waals surface area (Å²) in [6.45, 7) is 0.0900. The molecule has 1 aliphatic heterocycles. The summed E-state index contributed by atoms with van der Waals surface area (Å²) in [5, 5.41) is 8.50. The van der Waals surface area contributed by atoms with Gasteiger partial charge in [0.05, 0.1) is 11.4 Å². The van der Waals surface area contributed by atoms with Crippen molar-refractivity contribution in [2.24, 2.45) is 4.99 Å². The fourth-order valence-electron chi connectivity index (χ4n) is 2.81. The van der Waals surface area contributed by atoms with Crippen molar-refractivity contribution in [3.63, 3.8) is 0 Å². The summed E-state index contributed by atoms with van der Waals surface area (Å²) in [6, 6.07) is 15.3. The number of carbonyl (C=O) groups excluding carboxylic acids is 2. The highest BCUT2D eigenvalue weighted by molar-refractivity contribution is 6.19. The van der Waals surface area contributed by atoms with Gasteiger partial charge < -0.3 is 4.90 Å². The first-order chi connectivity index (χ1) is 13.1. The molecule has 0 fully saturated rings. The predicted octanol–water partition coefficient (Wildman–Crippen LogP) is 2.14. The summed E-state index contributed by atoms with van der Waals surface area (Å²) in [7, 11) is 1.74. The molecule has 2 aromatic carbocycles. The van der Waals surface area contributed by atoms with E-state index in [9.17, 15) is 9.59 Å². The Morgan fingerprint density at radius 3 is 2.78 bits per heavy atom. The van der Waals surface area contributed by atoms with Crippen LogP contribution < -0.4 is 10.4 Å². The number of anilines is 1. The van der Waals surface area contributed by atoms with Crippen molar-refractivity contribution in [2.45, 2.75) is 12.8 Å². The number of fused-ring (bicyclic) bond motifs is 1. The number of rotatable bonds is 3. The summed E-state index contributed by atoms with van der Waals surface area (Å²) >= 11 is 0. The van der Waals surface area contributed by atoms with Crippen molar-refractivity contribution < 1.29 is 14.8 Å². The minimum absolute atomic E-state index is 0.0731. The van der Waals surface area contributed by atoms with Crippen LogP contribution in [0.25, 0.3) is 0 Å². The average Bonchev–Trinajstić information content (AvgIpc) is 2.82. The molecular formula is C21H19N3O3. The molecule has 2 aromatic rings. The first-order valence-corrected chi connectivity index (χ1v) is 8.53. The van der Waals surface area contributed by atoms with Gasteiger partial charge in [-0.2, -0.15) is 0 Å². The van der Waals surface area contributed by atoms with Gasteiger partial charge >= 0.3 is 0 Å². The minimum Gasteiger partial charge on any atom is -0.313 e. The molecule has 0 unspecified atom stereocenters. The van der Waals surface area contributed by atoms with Crippen LogP contribution in [0, 0.1) is 11.8 Å². The maximum Gasteiger partial charge on any atom is 0.248 e. The monoisotopic (exact) mass is 361 g/mol. The summed E-state index contributed by atoms with van der Waals surface area (Å²) < 4.78 is 0. The molecule has 136 valence electrons. The molecule has 1 heterocycles. The third-order valence-corrected chi connectivity index (χ3v) is 4.24. The maximum absolute atomic E-state index is 12.3. The van der Waals surface area contributed by atoms with E-state index in [-0.39, 0.29) is 18.9 Å². The van der Waals surface area contributed by atoms with Gasteiger partial charge in [-0.25, -0.2) is 5.48 Å². The molecule has 2 N–H and O–H groups in total. The summed E-state index contributed by atoms with van der Waals surface area (Å²) in [4.78, 5) is 29.5. The molecule has 0 radical (unpaired) electrons. The first-order valence-electron chi connectivity index (χ1n) is 8.53. The number of hydrogen-bond donors (Lipinski definition) is 2. The summed E-state index contributed by atoms with van der Waals surface area (Å²) in [6.07, 6.45) is 0.462. The third kappa shape index (κ3) is 4.22. The fourth-order valence-corrected chi connectivity index (χ4v) is 2.81. The van der Waals surface area contributed by atoms with Crippen molar-refractivity contribution in [3.05, 3.63) is 65.2 Å². The van der Waals surface area contributed by atoms with Crippen molar-refractivity contribution >= 4 is 23.2 Å². The molecule has 27 heavy (non-hydrogen) atoms. The lowest BCUT2D eigenvalue weighted by atomic mass is 9.98. The van der Waals surface area contributed by atoms with Crippen LogP contribution in [0.4, 0.5) is 5.69 Å². The van der Waals surface area contributed by atoms with Crippen LogP contribution in [-0.2, 0) is 9.59 Å². The van der Waals surface area contributed by atoms with Crippen LogP contribution in [0.3, 0.4) is 0 Å². The predicted molar refractivity (Wildman–Crippen MR) is 103 cm³/mol. The number of nitrogens with one attached hydrogen (secondary N) is 1. The number of amides is 2. The van der Waals surface area contributed by atoms with Gasteiger partial charge in [0.25, 0.3) is 0 Å². The van der Waals surface area contributed by atoms with Crippen LogP contribution in [-0.4, -0.2) is 36.3 Å². The zero-order valence-electron chi connectivity index (χ0n) is 14.9. The molecule has 0 spiro atoms. The smallest absolute Gasteiger partial charge is 0.248 e. The molecule has 6 heteroatoms. The van der Waals surface area contributed by atoms with Gasteiger partial charge in [0.15, 0.2) is 0 Å². The number of benzodiazepines with no additional fused rings is 1. The Morgan fingerprint density at radius 2 is 2.04 bits per heavy atom. The Balaban J connectivity index is 1.98. The normalized spacial score (nSPS) is 13.0. The zero-order chi connectivity index (χ0) is 19.2. The van der Waals surface area contributed by atoms with E-state index in [0.29, 0.717) is 6.42 Å². The van der Waals surface area contributed by atoms with Crippen LogP contribution in [0.15, 0.2) is 53.5 Å². The molecule has 2 amide bonds. The van der Waals surface area contributed by atoms with Crippen LogP contribution in [0.1, 0.15) is 29.5 Å². The van der Waals surface area contributed by atoms with E-state index in [1.54, 1.807) is 17.4 Å². The lowest BCUT2D eigenvalue weighted by Gasteiger charge is -2.18. The quantitative estimate of drug-likeness (QED) is 0.499. The molecule has 0 saturated carbocycles. The van der Waals surface area contributed by atoms with Crippen molar-refractivity contribution in [3.8, 4) is 11.8 Å². The van der Waals surface area contributed by atoms with Crippen LogP contribution >= 0.6 is 0 Å². The van der Waals surface area contributed by atoms with E-state index >= 15 is 0 Å². The molecule has 1 aliphatic rings.